The van der Waals surface area contributed by atoms with Gasteiger partial charge in [-0.1, -0.05) is 19.1 Å². The largest absolute Gasteiger partial charge is 0.486 e. The molecule has 0 atom stereocenters. The minimum Gasteiger partial charge on any atom is -0.486 e. The van der Waals surface area contributed by atoms with Crippen molar-refractivity contribution in [2.24, 2.45) is 0 Å². The second kappa shape index (κ2) is 10.1. The van der Waals surface area contributed by atoms with E-state index in [-0.39, 0.29) is 12.5 Å². The van der Waals surface area contributed by atoms with Gasteiger partial charge in [-0.3, -0.25) is 4.79 Å². The first kappa shape index (κ1) is 19.4. The molecule has 0 unspecified atom stereocenters. The first-order valence-electron chi connectivity index (χ1n) is 8.18. The highest BCUT2D eigenvalue weighted by atomic mass is 32.1. The molecule has 0 radical (unpaired) electrons. The van der Waals surface area contributed by atoms with Gasteiger partial charge < -0.3 is 19.5 Å². The van der Waals surface area contributed by atoms with Crippen molar-refractivity contribution >= 4 is 17.2 Å². The quantitative estimate of drug-likeness (QED) is 0.702. The molecule has 0 aliphatic rings. The Kier molecular flexibility index (Phi) is 7.84. The third kappa shape index (κ3) is 6.12. The van der Waals surface area contributed by atoms with Crippen molar-refractivity contribution in [2.75, 3.05) is 20.3 Å². The van der Waals surface area contributed by atoms with Gasteiger partial charge >= 0.3 is 0 Å². The Balaban J connectivity index is 1.90. The smallest absolute Gasteiger partial charge is 0.222 e. The maximum Gasteiger partial charge on any atom is 0.222 e. The number of hydrogen-bond acceptors (Lipinski definition) is 6. The van der Waals surface area contributed by atoms with Gasteiger partial charge in [-0.2, -0.15) is 0 Å². The van der Waals surface area contributed by atoms with E-state index in [2.05, 4.69) is 4.98 Å². The fourth-order valence-corrected chi connectivity index (χ4v) is 2.96. The van der Waals surface area contributed by atoms with Crippen molar-refractivity contribution in [3.05, 3.63) is 45.9 Å². The van der Waals surface area contributed by atoms with Gasteiger partial charge in [-0.25, -0.2) is 4.98 Å². The van der Waals surface area contributed by atoms with Crippen LogP contribution in [0.4, 0.5) is 0 Å². The molecule has 25 heavy (non-hydrogen) atoms. The highest BCUT2D eigenvalue weighted by Gasteiger charge is 2.12. The van der Waals surface area contributed by atoms with Crippen LogP contribution in [0, 0.1) is 0 Å². The first-order chi connectivity index (χ1) is 12.2. The van der Waals surface area contributed by atoms with E-state index in [1.54, 1.807) is 12.0 Å². The average Bonchev–Trinajstić information content (AvgIpc) is 3.12. The zero-order chi connectivity index (χ0) is 18.1. The predicted molar refractivity (Wildman–Crippen MR) is 96.4 cm³/mol. The van der Waals surface area contributed by atoms with Crippen LogP contribution >= 0.6 is 11.3 Å². The highest BCUT2D eigenvalue weighted by Crippen LogP contribution is 2.17. The van der Waals surface area contributed by atoms with Gasteiger partial charge in [0, 0.05) is 32.0 Å². The number of hydrogen-bond donors (Lipinski definition) is 1. The molecule has 1 N–H and O–H groups in total. The molecular weight excluding hydrogens is 340 g/mol. The van der Waals surface area contributed by atoms with Gasteiger partial charge in [-0.05, 0) is 17.7 Å². The fourth-order valence-electron chi connectivity index (χ4n) is 2.26. The standard InChI is InChI=1S/C18H24N2O4S/c1-3-18(22)20(8-9-23-2)10-14-4-6-16(7-5-14)24-12-17-19-15(11-21)13-25-17/h4-7,13,21H,3,8-12H2,1-2H3. The summed E-state index contributed by atoms with van der Waals surface area (Å²) in [5.41, 5.74) is 1.71. The molecule has 2 aromatic rings. The Morgan fingerprint density at radius 2 is 2.08 bits per heavy atom. The molecule has 0 spiro atoms. The molecule has 136 valence electrons. The van der Waals surface area contributed by atoms with Gasteiger partial charge in [-0.15, -0.1) is 11.3 Å². The van der Waals surface area contributed by atoms with E-state index in [0.29, 0.717) is 38.4 Å². The lowest BCUT2D eigenvalue weighted by molar-refractivity contribution is -0.132. The van der Waals surface area contributed by atoms with Crippen molar-refractivity contribution in [2.45, 2.75) is 33.1 Å². The van der Waals surface area contributed by atoms with E-state index in [1.165, 1.54) is 11.3 Å². The number of carbonyl (C=O) groups excluding carboxylic acids is 1. The molecule has 2 rings (SSSR count). The lowest BCUT2D eigenvalue weighted by Crippen LogP contribution is -2.32. The summed E-state index contributed by atoms with van der Waals surface area (Å²) >= 11 is 1.47. The first-order valence-corrected chi connectivity index (χ1v) is 9.06. The number of amides is 1. The number of aliphatic hydroxyl groups is 1. The van der Waals surface area contributed by atoms with Gasteiger partial charge in [0.15, 0.2) is 0 Å². The maximum atomic E-state index is 12.0. The van der Waals surface area contributed by atoms with Crippen LogP contribution in [0.3, 0.4) is 0 Å². The van der Waals surface area contributed by atoms with Crippen LogP contribution in [-0.2, 0) is 29.3 Å². The van der Waals surface area contributed by atoms with Crippen molar-refractivity contribution in [3.63, 3.8) is 0 Å². The minimum absolute atomic E-state index is 0.0543. The Morgan fingerprint density at radius 1 is 1.32 bits per heavy atom. The number of carbonyl (C=O) groups is 1. The van der Waals surface area contributed by atoms with Crippen LogP contribution < -0.4 is 4.74 Å². The molecule has 1 aromatic heterocycles. The normalized spacial score (nSPS) is 10.7. The summed E-state index contributed by atoms with van der Waals surface area (Å²) in [7, 11) is 1.63. The maximum absolute atomic E-state index is 12.0. The second-order valence-electron chi connectivity index (χ2n) is 5.48. The van der Waals surface area contributed by atoms with E-state index in [1.807, 2.05) is 36.6 Å². The molecule has 1 amide bonds. The fraction of sp³-hybridized carbons (Fsp3) is 0.444. The predicted octanol–water partition coefficient (Wildman–Crippen LogP) is 2.60. The average molecular weight is 364 g/mol. The van der Waals surface area contributed by atoms with Crippen molar-refractivity contribution < 1.29 is 19.4 Å². The molecule has 0 saturated carbocycles. The summed E-state index contributed by atoms with van der Waals surface area (Å²) in [4.78, 5) is 18.0. The number of rotatable bonds is 10. The summed E-state index contributed by atoms with van der Waals surface area (Å²) in [5.74, 6) is 0.857. The molecule has 1 aromatic carbocycles. The lowest BCUT2D eigenvalue weighted by Gasteiger charge is -2.22. The summed E-state index contributed by atoms with van der Waals surface area (Å²) in [6.07, 6.45) is 0.481. The second-order valence-corrected chi connectivity index (χ2v) is 6.43. The molecule has 0 aliphatic carbocycles. The number of methoxy groups -OCH3 is 1. The van der Waals surface area contributed by atoms with Crippen LogP contribution in [-0.4, -0.2) is 41.2 Å². The van der Waals surface area contributed by atoms with Gasteiger partial charge in [0.1, 0.15) is 17.4 Å². The van der Waals surface area contributed by atoms with E-state index < -0.39 is 0 Å². The van der Waals surface area contributed by atoms with Crippen LogP contribution in [0.15, 0.2) is 29.6 Å². The number of thiazole rings is 1. The molecule has 0 fully saturated rings. The minimum atomic E-state index is -0.0543. The number of ether oxygens (including phenoxy) is 2. The van der Waals surface area contributed by atoms with Gasteiger partial charge in [0.2, 0.25) is 5.91 Å². The van der Waals surface area contributed by atoms with Crippen molar-refractivity contribution in [1.29, 1.82) is 0 Å². The highest BCUT2D eigenvalue weighted by molar-refractivity contribution is 7.09. The number of benzene rings is 1. The van der Waals surface area contributed by atoms with Gasteiger partial charge in [0.05, 0.1) is 18.9 Å². The Morgan fingerprint density at radius 3 is 2.68 bits per heavy atom. The molecular formula is C18H24N2O4S. The molecule has 0 saturated heterocycles. The van der Waals surface area contributed by atoms with Crippen molar-refractivity contribution in [3.8, 4) is 5.75 Å². The van der Waals surface area contributed by atoms with Crippen LogP contribution in [0.2, 0.25) is 0 Å². The van der Waals surface area contributed by atoms with E-state index in [9.17, 15) is 4.79 Å². The zero-order valence-electron chi connectivity index (χ0n) is 14.6. The molecule has 1 heterocycles. The monoisotopic (exact) mass is 364 g/mol. The zero-order valence-corrected chi connectivity index (χ0v) is 15.4. The summed E-state index contributed by atoms with van der Waals surface area (Å²) < 4.78 is 10.8. The van der Waals surface area contributed by atoms with E-state index >= 15 is 0 Å². The Labute approximate surface area is 152 Å². The SMILES string of the molecule is CCC(=O)N(CCOC)Cc1ccc(OCc2nc(CO)cs2)cc1. The van der Waals surface area contributed by atoms with E-state index in [4.69, 9.17) is 14.6 Å². The molecule has 7 heteroatoms. The molecule has 0 aliphatic heterocycles. The topological polar surface area (TPSA) is 71.9 Å². The number of aliphatic hydroxyl groups excluding tert-OH is 1. The lowest BCUT2D eigenvalue weighted by atomic mass is 10.2. The van der Waals surface area contributed by atoms with Crippen molar-refractivity contribution in [1.82, 2.24) is 9.88 Å². The summed E-state index contributed by atoms with van der Waals surface area (Å²) in [5, 5.41) is 11.7. The van der Waals surface area contributed by atoms with Crippen LogP contribution in [0.5, 0.6) is 5.75 Å². The number of aromatic nitrogens is 1. The summed E-state index contributed by atoms with van der Waals surface area (Å²) in [6, 6.07) is 7.69. The van der Waals surface area contributed by atoms with Crippen LogP contribution in [0.1, 0.15) is 29.6 Å². The number of nitrogens with zero attached hydrogens (tertiary/aromatic N) is 2. The van der Waals surface area contributed by atoms with Crippen LogP contribution in [0.25, 0.3) is 0 Å². The Hall–Kier alpha value is -1.96. The summed E-state index contributed by atoms with van der Waals surface area (Å²) in [6.45, 7) is 3.84. The third-order valence-corrected chi connectivity index (χ3v) is 4.51. The molecule has 6 nitrogen and oxygen atoms in total. The Bertz CT molecular complexity index is 657. The third-order valence-electron chi connectivity index (χ3n) is 3.64. The molecule has 0 bridgehead atoms. The van der Waals surface area contributed by atoms with E-state index in [0.717, 1.165) is 16.3 Å². The van der Waals surface area contributed by atoms with Gasteiger partial charge in [0.25, 0.3) is 0 Å².